The summed E-state index contributed by atoms with van der Waals surface area (Å²) < 4.78 is 0. The largest absolute Gasteiger partial charge is 0.309 e. The first-order valence-electron chi connectivity index (χ1n) is 6.28. The molecule has 0 unspecified atom stereocenters. The van der Waals surface area contributed by atoms with Crippen LogP contribution in [0.15, 0.2) is 30.3 Å². The third-order valence-electron chi connectivity index (χ3n) is 2.88. The lowest BCUT2D eigenvalue weighted by molar-refractivity contribution is 0.437. The summed E-state index contributed by atoms with van der Waals surface area (Å²) in [5.74, 6) is 8.36. The van der Waals surface area contributed by atoms with Gasteiger partial charge in [-0.25, -0.2) is 10.8 Å². The van der Waals surface area contributed by atoms with Gasteiger partial charge in [-0.3, -0.25) is 0 Å². The number of hydrogen-bond acceptors (Lipinski definition) is 5. The molecule has 0 spiro atoms. The van der Waals surface area contributed by atoms with E-state index in [1.54, 1.807) is 0 Å². The predicted molar refractivity (Wildman–Crippen MR) is 84.3 cm³/mol. The van der Waals surface area contributed by atoms with E-state index in [1.807, 2.05) is 30.0 Å². The second kappa shape index (κ2) is 6.75. The molecule has 0 saturated carbocycles. The molecule has 0 aliphatic carbocycles. The Morgan fingerprint density at radius 1 is 1.32 bits per heavy atom. The quantitative estimate of drug-likeness (QED) is 0.482. The highest BCUT2D eigenvalue weighted by atomic mass is 32.2. The molecule has 2 aromatic rings. The van der Waals surface area contributed by atoms with Crippen molar-refractivity contribution in [2.75, 3.05) is 31.8 Å². The standard InChI is InChI=1S/C14H20N4S/c1-18(2)7-8-19-10-12-9-11-5-3-4-6-13(11)16-14(12)17-15/h3-6,9H,7-8,10,15H2,1-2H3,(H,16,17). The first kappa shape index (κ1) is 14.1. The number of nitrogens with one attached hydrogen (secondary N) is 1. The summed E-state index contributed by atoms with van der Waals surface area (Å²) in [6.07, 6.45) is 0. The van der Waals surface area contributed by atoms with Crippen LogP contribution in [0, 0.1) is 0 Å². The van der Waals surface area contributed by atoms with Crippen LogP contribution in [0.1, 0.15) is 5.56 Å². The topological polar surface area (TPSA) is 54.2 Å². The van der Waals surface area contributed by atoms with Gasteiger partial charge in [0, 0.05) is 29.0 Å². The highest BCUT2D eigenvalue weighted by Crippen LogP contribution is 2.23. The van der Waals surface area contributed by atoms with Gasteiger partial charge in [-0.1, -0.05) is 18.2 Å². The number of benzene rings is 1. The molecule has 2 rings (SSSR count). The van der Waals surface area contributed by atoms with Gasteiger partial charge in [-0.15, -0.1) is 0 Å². The molecule has 4 nitrogen and oxygen atoms in total. The molecular formula is C14H20N4S. The van der Waals surface area contributed by atoms with E-state index in [4.69, 9.17) is 5.84 Å². The van der Waals surface area contributed by atoms with E-state index in [0.29, 0.717) is 0 Å². The van der Waals surface area contributed by atoms with Gasteiger partial charge in [0.25, 0.3) is 0 Å². The second-order valence-corrected chi connectivity index (χ2v) is 5.79. The van der Waals surface area contributed by atoms with Crippen molar-refractivity contribution in [3.8, 4) is 0 Å². The molecule has 0 aliphatic heterocycles. The third kappa shape index (κ3) is 3.83. The minimum atomic E-state index is 0.774. The van der Waals surface area contributed by atoms with Crippen LogP contribution in [0.3, 0.4) is 0 Å². The first-order valence-corrected chi connectivity index (χ1v) is 7.44. The van der Waals surface area contributed by atoms with Crippen molar-refractivity contribution in [3.05, 3.63) is 35.9 Å². The van der Waals surface area contributed by atoms with Crippen molar-refractivity contribution in [3.63, 3.8) is 0 Å². The minimum absolute atomic E-state index is 0.774. The van der Waals surface area contributed by atoms with Crippen molar-refractivity contribution in [1.29, 1.82) is 0 Å². The van der Waals surface area contributed by atoms with Gasteiger partial charge in [0.2, 0.25) is 0 Å². The Morgan fingerprint density at radius 2 is 2.11 bits per heavy atom. The molecule has 1 heterocycles. The molecule has 102 valence electrons. The summed E-state index contributed by atoms with van der Waals surface area (Å²) in [7, 11) is 4.18. The lowest BCUT2D eigenvalue weighted by Gasteiger charge is -2.11. The molecule has 3 N–H and O–H groups in total. The van der Waals surface area contributed by atoms with Crippen molar-refractivity contribution >= 4 is 28.5 Å². The smallest absolute Gasteiger partial charge is 0.144 e. The fourth-order valence-corrected chi connectivity index (χ4v) is 2.90. The zero-order valence-electron chi connectivity index (χ0n) is 11.4. The third-order valence-corrected chi connectivity index (χ3v) is 3.87. The Kier molecular flexibility index (Phi) is 5.01. The number of aromatic nitrogens is 1. The molecule has 1 aromatic carbocycles. The summed E-state index contributed by atoms with van der Waals surface area (Å²) in [6, 6.07) is 10.3. The van der Waals surface area contributed by atoms with E-state index in [9.17, 15) is 0 Å². The summed E-state index contributed by atoms with van der Waals surface area (Å²) in [5, 5.41) is 1.16. The van der Waals surface area contributed by atoms with Crippen molar-refractivity contribution < 1.29 is 0 Å². The van der Waals surface area contributed by atoms with Crippen molar-refractivity contribution in [2.24, 2.45) is 5.84 Å². The SMILES string of the molecule is CN(C)CCSCc1cc2ccccc2nc1NN. The summed E-state index contributed by atoms with van der Waals surface area (Å²) in [6.45, 7) is 1.08. The van der Waals surface area contributed by atoms with Gasteiger partial charge in [0.15, 0.2) is 0 Å². The molecule has 0 fully saturated rings. The monoisotopic (exact) mass is 276 g/mol. The summed E-state index contributed by atoms with van der Waals surface area (Å²) in [5.41, 5.74) is 4.83. The van der Waals surface area contributed by atoms with Gasteiger partial charge in [0.05, 0.1) is 5.52 Å². The van der Waals surface area contributed by atoms with E-state index in [1.165, 1.54) is 0 Å². The lowest BCUT2D eigenvalue weighted by Crippen LogP contribution is -2.15. The predicted octanol–water partition coefficient (Wildman–Crippen LogP) is 2.32. The Labute approximate surface area is 118 Å². The fourth-order valence-electron chi connectivity index (χ4n) is 1.82. The maximum Gasteiger partial charge on any atom is 0.144 e. The van der Waals surface area contributed by atoms with Crippen LogP contribution in [0.25, 0.3) is 10.9 Å². The van der Waals surface area contributed by atoms with E-state index in [-0.39, 0.29) is 0 Å². The summed E-state index contributed by atoms with van der Waals surface area (Å²) in [4.78, 5) is 6.74. The Bertz CT molecular complexity index is 542. The molecule has 0 atom stereocenters. The van der Waals surface area contributed by atoms with Crippen LogP contribution in [-0.4, -0.2) is 36.3 Å². The maximum absolute atomic E-state index is 5.56. The Hall–Kier alpha value is -1.30. The molecule has 0 radical (unpaired) electrons. The van der Waals surface area contributed by atoms with Crippen LogP contribution in [-0.2, 0) is 5.75 Å². The van der Waals surface area contributed by atoms with Crippen LogP contribution < -0.4 is 11.3 Å². The van der Waals surface area contributed by atoms with E-state index in [0.717, 1.165) is 40.3 Å². The van der Waals surface area contributed by atoms with Crippen LogP contribution >= 0.6 is 11.8 Å². The van der Waals surface area contributed by atoms with Gasteiger partial charge in [-0.05, 0) is 26.2 Å². The molecule has 1 aromatic heterocycles. The normalized spacial score (nSPS) is 11.2. The fraction of sp³-hybridized carbons (Fsp3) is 0.357. The van der Waals surface area contributed by atoms with Gasteiger partial charge in [-0.2, -0.15) is 11.8 Å². The highest BCUT2D eigenvalue weighted by Gasteiger charge is 2.06. The molecule has 0 saturated heterocycles. The van der Waals surface area contributed by atoms with Crippen LogP contribution in [0.4, 0.5) is 5.82 Å². The number of para-hydroxylation sites is 1. The second-order valence-electron chi connectivity index (χ2n) is 4.69. The average molecular weight is 276 g/mol. The number of pyridine rings is 1. The zero-order chi connectivity index (χ0) is 13.7. The minimum Gasteiger partial charge on any atom is -0.309 e. The number of fused-ring (bicyclic) bond motifs is 1. The molecule has 0 amide bonds. The maximum atomic E-state index is 5.56. The van der Waals surface area contributed by atoms with Gasteiger partial charge >= 0.3 is 0 Å². The molecule has 5 heteroatoms. The molecular weight excluding hydrogens is 256 g/mol. The zero-order valence-corrected chi connectivity index (χ0v) is 12.2. The lowest BCUT2D eigenvalue weighted by atomic mass is 10.1. The highest BCUT2D eigenvalue weighted by molar-refractivity contribution is 7.98. The summed E-state index contributed by atoms with van der Waals surface area (Å²) >= 11 is 1.90. The van der Waals surface area contributed by atoms with Crippen molar-refractivity contribution in [2.45, 2.75) is 5.75 Å². The number of rotatable bonds is 6. The number of nitrogen functional groups attached to an aromatic ring is 1. The van der Waals surface area contributed by atoms with Crippen LogP contribution in [0.5, 0.6) is 0 Å². The van der Waals surface area contributed by atoms with Gasteiger partial charge in [0.1, 0.15) is 5.82 Å². The van der Waals surface area contributed by atoms with Crippen LogP contribution in [0.2, 0.25) is 0 Å². The Balaban J connectivity index is 2.12. The number of nitrogens with two attached hydrogens (primary N) is 1. The van der Waals surface area contributed by atoms with Crippen molar-refractivity contribution in [1.82, 2.24) is 9.88 Å². The van der Waals surface area contributed by atoms with E-state index in [2.05, 4.69) is 41.5 Å². The molecule has 0 bridgehead atoms. The Morgan fingerprint density at radius 3 is 2.84 bits per heavy atom. The van der Waals surface area contributed by atoms with Gasteiger partial charge < -0.3 is 10.3 Å². The first-order chi connectivity index (χ1) is 9.20. The molecule has 0 aliphatic rings. The number of anilines is 1. The average Bonchev–Trinajstić information content (AvgIpc) is 2.42. The molecule has 19 heavy (non-hydrogen) atoms. The number of nitrogens with zero attached hydrogens (tertiary/aromatic N) is 2. The van der Waals surface area contributed by atoms with E-state index < -0.39 is 0 Å². The van der Waals surface area contributed by atoms with E-state index >= 15 is 0 Å². The number of thioether (sulfide) groups is 1. The number of hydrazine groups is 1. The number of hydrogen-bond donors (Lipinski definition) is 2.